The number of hydrogen-bond donors (Lipinski definition) is 2. The topological polar surface area (TPSA) is 78.9 Å². The summed E-state index contributed by atoms with van der Waals surface area (Å²) in [6.45, 7) is 0.675. The van der Waals surface area contributed by atoms with Gasteiger partial charge in [0.2, 0.25) is 0 Å². The van der Waals surface area contributed by atoms with Crippen LogP contribution in [0, 0.1) is 0 Å². The Balaban J connectivity index is 2.19. The van der Waals surface area contributed by atoms with Gasteiger partial charge in [0, 0.05) is 51.4 Å². The summed E-state index contributed by atoms with van der Waals surface area (Å²) in [5, 5.41) is 12.1. The van der Waals surface area contributed by atoms with Gasteiger partial charge < -0.3 is 20.1 Å². The first kappa shape index (κ1) is 15.3. The van der Waals surface area contributed by atoms with E-state index in [1.807, 2.05) is 25.1 Å². The van der Waals surface area contributed by atoms with Gasteiger partial charge in [-0.1, -0.05) is 6.07 Å². The second kappa shape index (κ2) is 6.13. The minimum absolute atomic E-state index is 0.279. The summed E-state index contributed by atoms with van der Waals surface area (Å²) in [6, 6.07) is 7.08. The van der Waals surface area contributed by atoms with Crippen molar-refractivity contribution >= 4 is 17.6 Å². The fourth-order valence-electron chi connectivity index (χ4n) is 2.33. The maximum absolute atomic E-state index is 12.4. The van der Waals surface area contributed by atoms with Crippen LogP contribution in [-0.4, -0.2) is 49.8 Å². The minimum atomic E-state index is -1.23. The Bertz CT molecular complexity index is 536. The average Bonchev–Trinajstić information content (AvgIpc) is 2.48. The molecule has 6 heteroatoms. The van der Waals surface area contributed by atoms with Crippen molar-refractivity contribution in [2.45, 2.75) is 18.4 Å². The monoisotopic (exact) mass is 292 g/mol. The van der Waals surface area contributed by atoms with Crippen molar-refractivity contribution in [1.29, 1.82) is 0 Å². The van der Waals surface area contributed by atoms with Crippen molar-refractivity contribution in [3.05, 3.63) is 29.8 Å². The molecule has 1 heterocycles. The molecule has 6 nitrogen and oxygen atoms in total. The molecule has 1 aromatic rings. The van der Waals surface area contributed by atoms with E-state index in [1.54, 1.807) is 18.2 Å². The Kier molecular flexibility index (Phi) is 4.47. The summed E-state index contributed by atoms with van der Waals surface area (Å²) < 4.78 is 5.19. The molecule has 1 amide bonds. The third-order valence-electron chi connectivity index (χ3n) is 3.73. The van der Waals surface area contributed by atoms with Crippen LogP contribution >= 0.6 is 0 Å². The number of rotatable bonds is 4. The summed E-state index contributed by atoms with van der Waals surface area (Å²) in [4.78, 5) is 25.8. The van der Waals surface area contributed by atoms with Gasteiger partial charge in [0.1, 0.15) is 5.54 Å². The molecule has 0 bridgehead atoms. The van der Waals surface area contributed by atoms with Crippen LogP contribution in [0.1, 0.15) is 23.2 Å². The number of benzene rings is 1. The molecular weight excluding hydrogens is 272 g/mol. The van der Waals surface area contributed by atoms with Gasteiger partial charge in [0.15, 0.2) is 0 Å². The Labute approximate surface area is 123 Å². The van der Waals surface area contributed by atoms with Gasteiger partial charge in [-0.3, -0.25) is 4.79 Å². The van der Waals surface area contributed by atoms with Crippen molar-refractivity contribution < 1.29 is 19.4 Å². The molecule has 0 atom stereocenters. The zero-order valence-electron chi connectivity index (χ0n) is 12.3. The van der Waals surface area contributed by atoms with Crippen molar-refractivity contribution in [2.75, 3.05) is 32.2 Å². The predicted molar refractivity (Wildman–Crippen MR) is 78.7 cm³/mol. The van der Waals surface area contributed by atoms with Crippen LogP contribution in [-0.2, 0) is 9.53 Å². The van der Waals surface area contributed by atoms with Crippen molar-refractivity contribution in [1.82, 2.24) is 5.32 Å². The first-order valence-corrected chi connectivity index (χ1v) is 6.86. The van der Waals surface area contributed by atoms with Gasteiger partial charge in [0.25, 0.3) is 5.91 Å². The zero-order chi connectivity index (χ0) is 15.5. The second-order valence-electron chi connectivity index (χ2n) is 5.40. The third-order valence-corrected chi connectivity index (χ3v) is 3.73. The molecule has 1 aliphatic heterocycles. The number of hydrogen-bond acceptors (Lipinski definition) is 4. The number of nitrogens with zero attached hydrogens (tertiary/aromatic N) is 1. The largest absolute Gasteiger partial charge is 0.480 e. The third kappa shape index (κ3) is 3.33. The van der Waals surface area contributed by atoms with E-state index < -0.39 is 11.5 Å². The fraction of sp³-hybridized carbons (Fsp3) is 0.467. The summed E-state index contributed by atoms with van der Waals surface area (Å²) in [7, 11) is 3.77. The SMILES string of the molecule is CN(C)c1cccc(C(=O)NC2(C(=O)O)CCOCC2)c1. The first-order chi connectivity index (χ1) is 9.94. The Morgan fingerprint density at radius 3 is 2.52 bits per heavy atom. The van der Waals surface area contributed by atoms with Crippen LogP contribution in [0.25, 0.3) is 0 Å². The lowest BCUT2D eigenvalue weighted by atomic mass is 9.89. The van der Waals surface area contributed by atoms with Crippen LogP contribution in [0.2, 0.25) is 0 Å². The average molecular weight is 292 g/mol. The highest BCUT2D eigenvalue weighted by atomic mass is 16.5. The van der Waals surface area contributed by atoms with Crippen LogP contribution in [0.3, 0.4) is 0 Å². The van der Waals surface area contributed by atoms with E-state index in [-0.39, 0.29) is 18.7 Å². The number of carbonyl (C=O) groups is 2. The number of carboxylic acids is 1. The molecule has 2 rings (SSSR count). The number of carboxylic acid groups (broad SMARTS) is 1. The number of carbonyl (C=O) groups excluding carboxylic acids is 1. The maximum atomic E-state index is 12.4. The number of amides is 1. The van der Waals surface area contributed by atoms with E-state index in [4.69, 9.17) is 4.74 Å². The van der Waals surface area contributed by atoms with E-state index in [0.717, 1.165) is 5.69 Å². The predicted octanol–water partition coefficient (Wildman–Crippen LogP) is 1.12. The highest BCUT2D eigenvalue weighted by Gasteiger charge is 2.41. The molecule has 1 saturated heterocycles. The van der Waals surface area contributed by atoms with E-state index in [0.29, 0.717) is 18.8 Å². The fourth-order valence-corrected chi connectivity index (χ4v) is 2.33. The van der Waals surface area contributed by atoms with Crippen LogP contribution < -0.4 is 10.2 Å². The summed E-state index contributed by atoms with van der Waals surface area (Å²) in [6.07, 6.45) is 0.558. The Hall–Kier alpha value is -2.08. The molecule has 0 radical (unpaired) electrons. The van der Waals surface area contributed by atoms with Gasteiger partial charge in [-0.15, -0.1) is 0 Å². The highest BCUT2D eigenvalue weighted by molar-refractivity contribution is 5.98. The van der Waals surface area contributed by atoms with Crippen LogP contribution in [0.4, 0.5) is 5.69 Å². The highest BCUT2D eigenvalue weighted by Crippen LogP contribution is 2.22. The summed E-state index contributed by atoms with van der Waals surface area (Å²) >= 11 is 0. The van der Waals surface area contributed by atoms with Crippen LogP contribution in [0.15, 0.2) is 24.3 Å². The lowest BCUT2D eigenvalue weighted by Gasteiger charge is -2.33. The number of anilines is 1. The molecule has 1 fully saturated rings. The van der Waals surface area contributed by atoms with Gasteiger partial charge in [-0.25, -0.2) is 4.79 Å². The summed E-state index contributed by atoms with van der Waals surface area (Å²) in [5.74, 6) is -1.38. The lowest BCUT2D eigenvalue weighted by Crippen LogP contribution is -2.57. The Morgan fingerprint density at radius 2 is 1.95 bits per heavy atom. The van der Waals surface area contributed by atoms with Crippen molar-refractivity contribution in [3.8, 4) is 0 Å². The van der Waals surface area contributed by atoms with E-state index in [1.165, 1.54) is 0 Å². The number of aliphatic carboxylic acids is 1. The van der Waals surface area contributed by atoms with Crippen molar-refractivity contribution in [3.63, 3.8) is 0 Å². The molecule has 0 saturated carbocycles. The second-order valence-corrected chi connectivity index (χ2v) is 5.40. The van der Waals surface area contributed by atoms with Crippen molar-refractivity contribution in [2.24, 2.45) is 0 Å². The van der Waals surface area contributed by atoms with E-state index in [9.17, 15) is 14.7 Å². The number of ether oxygens (including phenoxy) is 1. The molecule has 1 aliphatic rings. The van der Waals surface area contributed by atoms with Gasteiger partial charge in [-0.2, -0.15) is 0 Å². The molecule has 0 aliphatic carbocycles. The molecule has 114 valence electrons. The standard InChI is InChI=1S/C15H20N2O4/c1-17(2)12-5-3-4-11(10-12)13(18)16-15(14(19)20)6-8-21-9-7-15/h3-5,10H,6-9H2,1-2H3,(H,16,18)(H,19,20). The molecule has 2 N–H and O–H groups in total. The molecule has 0 aromatic heterocycles. The minimum Gasteiger partial charge on any atom is -0.480 e. The van der Waals surface area contributed by atoms with E-state index >= 15 is 0 Å². The maximum Gasteiger partial charge on any atom is 0.329 e. The lowest BCUT2D eigenvalue weighted by molar-refractivity contribution is -0.148. The van der Waals surface area contributed by atoms with E-state index in [2.05, 4.69) is 5.32 Å². The quantitative estimate of drug-likeness (QED) is 0.869. The van der Waals surface area contributed by atoms with Gasteiger partial charge in [0.05, 0.1) is 0 Å². The molecule has 0 spiro atoms. The molecule has 1 aromatic carbocycles. The molecule has 21 heavy (non-hydrogen) atoms. The van der Waals surface area contributed by atoms with Crippen LogP contribution in [0.5, 0.6) is 0 Å². The smallest absolute Gasteiger partial charge is 0.329 e. The zero-order valence-corrected chi connectivity index (χ0v) is 12.3. The normalized spacial score (nSPS) is 17.0. The number of nitrogens with one attached hydrogen (secondary N) is 1. The van der Waals surface area contributed by atoms with Gasteiger partial charge in [-0.05, 0) is 18.2 Å². The van der Waals surface area contributed by atoms with Gasteiger partial charge >= 0.3 is 5.97 Å². The summed E-state index contributed by atoms with van der Waals surface area (Å²) in [5.41, 5.74) is 0.107. The molecular formula is C15H20N2O4. The molecule has 0 unspecified atom stereocenters. The Morgan fingerprint density at radius 1 is 1.29 bits per heavy atom. The first-order valence-electron chi connectivity index (χ1n) is 6.86.